The van der Waals surface area contributed by atoms with Gasteiger partial charge in [-0.3, -0.25) is 4.79 Å². The summed E-state index contributed by atoms with van der Waals surface area (Å²) in [6.45, 7) is 8.06. The molecule has 0 aromatic heterocycles. The van der Waals surface area contributed by atoms with Crippen LogP contribution in [-0.2, 0) is 14.8 Å². The van der Waals surface area contributed by atoms with E-state index in [9.17, 15) is 13.2 Å². The van der Waals surface area contributed by atoms with Crippen molar-refractivity contribution in [3.63, 3.8) is 0 Å². The molecule has 2 aromatic rings. The predicted octanol–water partition coefficient (Wildman–Crippen LogP) is 2.98. The van der Waals surface area contributed by atoms with Crippen LogP contribution in [0.25, 0.3) is 0 Å². The van der Waals surface area contributed by atoms with Crippen LogP contribution in [0.15, 0.2) is 53.4 Å². The lowest BCUT2D eigenvalue weighted by atomic mass is 10.0. The summed E-state index contributed by atoms with van der Waals surface area (Å²) in [4.78, 5) is 12.5. The lowest BCUT2D eigenvalue weighted by molar-refractivity contribution is -0.127. The monoisotopic (exact) mass is 404 g/mol. The fourth-order valence-electron chi connectivity index (χ4n) is 2.66. The summed E-state index contributed by atoms with van der Waals surface area (Å²) in [6.07, 6.45) is -0.690. The fourth-order valence-corrected chi connectivity index (χ4v) is 3.72. The first-order valence-corrected chi connectivity index (χ1v) is 10.8. The van der Waals surface area contributed by atoms with Gasteiger partial charge in [0.15, 0.2) is 6.10 Å². The molecule has 0 fully saturated rings. The van der Waals surface area contributed by atoms with Gasteiger partial charge in [-0.2, -0.15) is 0 Å². The second kappa shape index (κ2) is 9.71. The van der Waals surface area contributed by atoms with Gasteiger partial charge in [-0.15, -0.1) is 0 Å². The average Bonchev–Trinajstić information content (AvgIpc) is 2.65. The quantitative estimate of drug-likeness (QED) is 0.629. The minimum atomic E-state index is -3.58. The summed E-state index contributed by atoms with van der Waals surface area (Å²) in [7, 11) is -3.58. The van der Waals surface area contributed by atoms with Gasteiger partial charge in [-0.05, 0) is 49.1 Å². The van der Waals surface area contributed by atoms with E-state index in [1.165, 1.54) is 12.1 Å². The third kappa shape index (κ3) is 6.07. The van der Waals surface area contributed by atoms with E-state index in [-0.39, 0.29) is 29.8 Å². The molecule has 0 aliphatic rings. The third-order valence-electron chi connectivity index (χ3n) is 4.23. The van der Waals surface area contributed by atoms with Crippen LogP contribution in [0.4, 0.5) is 0 Å². The Morgan fingerprint density at radius 1 is 1.04 bits per heavy atom. The zero-order valence-corrected chi connectivity index (χ0v) is 17.5. The Morgan fingerprint density at radius 3 is 2.36 bits per heavy atom. The molecule has 0 aliphatic carbocycles. The molecule has 1 atom stereocenters. The van der Waals surface area contributed by atoms with E-state index in [4.69, 9.17) is 4.74 Å². The Bertz CT molecular complexity index is 896. The number of aryl methyl sites for hydroxylation is 1. The van der Waals surface area contributed by atoms with Crippen LogP contribution in [0.2, 0.25) is 0 Å². The molecule has 2 aromatic carbocycles. The third-order valence-corrected chi connectivity index (χ3v) is 5.71. The second-order valence-electron chi connectivity index (χ2n) is 6.96. The summed E-state index contributed by atoms with van der Waals surface area (Å²) >= 11 is 0. The number of carbonyl (C=O) groups excluding carboxylic acids is 1. The van der Waals surface area contributed by atoms with Gasteiger partial charge in [0.25, 0.3) is 5.91 Å². The van der Waals surface area contributed by atoms with E-state index in [1.807, 2.05) is 25.1 Å². The first-order chi connectivity index (χ1) is 13.2. The van der Waals surface area contributed by atoms with Crippen LogP contribution in [0.5, 0.6) is 5.75 Å². The van der Waals surface area contributed by atoms with E-state index in [0.717, 1.165) is 11.1 Å². The Labute approximate surface area is 167 Å². The maximum Gasteiger partial charge on any atom is 0.260 e. The smallest absolute Gasteiger partial charge is 0.260 e. The van der Waals surface area contributed by atoms with Crippen molar-refractivity contribution >= 4 is 15.9 Å². The molecular weight excluding hydrogens is 376 g/mol. The number of amides is 1. The van der Waals surface area contributed by atoms with Crippen LogP contribution in [0.1, 0.15) is 37.8 Å². The molecule has 2 rings (SSSR count). The van der Waals surface area contributed by atoms with Crippen LogP contribution in [0.3, 0.4) is 0 Å². The number of ether oxygens (including phenoxy) is 1. The fraction of sp³-hybridized carbons (Fsp3) is 0.381. The highest BCUT2D eigenvalue weighted by molar-refractivity contribution is 7.89. The van der Waals surface area contributed by atoms with Crippen molar-refractivity contribution in [3.8, 4) is 5.75 Å². The van der Waals surface area contributed by atoms with Gasteiger partial charge in [0, 0.05) is 13.1 Å². The lowest BCUT2D eigenvalue weighted by Gasteiger charge is -2.19. The summed E-state index contributed by atoms with van der Waals surface area (Å²) in [5.74, 6) is 0.677. The Balaban J connectivity index is 1.86. The molecule has 0 aliphatic heterocycles. The molecule has 152 valence electrons. The van der Waals surface area contributed by atoms with Crippen molar-refractivity contribution in [1.82, 2.24) is 10.0 Å². The normalized spacial score (nSPS) is 12.6. The average molecular weight is 405 g/mol. The molecule has 1 unspecified atom stereocenters. The molecule has 0 radical (unpaired) electrons. The minimum Gasteiger partial charge on any atom is -0.481 e. The highest BCUT2D eigenvalue weighted by Gasteiger charge is 2.18. The van der Waals surface area contributed by atoms with Gasteiger partial charge >= 0.3 is 0 Å². The highest BCUT2D eigenvalue weighted by atomic mass is 32.2. The lowest BCUT2D eigenvalue weighted by Crippen LogP contribution is -2.40. The standard InChI is InChI=1S/C21H28N2O4S/c1-15(2)19-11-10-16(3)14-20(19)27-17(4)21(24)22-12-13-23-28(25,26)18-8-6-5-7-9-18/h5-11,14-15,17,23H,12-13H2,1-4H3,(H,22,24). The largest absolute Gasteiger partial charge is 0.481 e. The number of benzene rings is 2. The van der Waals surface area contributed by atoms with Gasteiger partial charge in [-0.25, -0.2) is 13.1 Å². The summed E-state index contributed by atoms with van der Waals surface area (Å²) in [5, 5.41) is 2.70. The first kappa shape index (κ1) is 21.9. The maximum atomic E-state index is 12.3. The molecule has 28 heavy (non-hydrogen) atoms. The summed E-state index contributed by atoms with van der Waals surface area (Å²) in [5.41, 5.74) is 2.10. The number of sulfonamides is 1. The molecule has 0 bridgehead atoms. The SMILES string of the molecule is Cc1ccc(C(C)C)c(OC(C)C(=O)NCCNS(=O)(=O)c2ccccc2)c1. The van der Waals surface area contributed by atoms with E-state index < -0.39 is 16.1 Å². The number of carbonyl (C=O) groups is 1. The molecule has 0 spiro atoms. The molecule has 0 heterocycles. The predicted molar refractivity (Wildman–Crippen MR) is 110 cm³/mol. The van der Waals surface area contributed by atoms with Gasteiger partial charge in [0.05, 0.1) is 4.90 Å². The van der Waals surface area contributed by atoms with Crippen molar-refractivity contribution < 1.29 is 17.9 Å². The van der Waals surface area contributed by atoms with Crippen molar-refractivity contribution in [2.24, 2.45) is 0 Å². The van der Waals surface area contributed by atoms with Crippen molar-refractivity contribution in [2.45, 2.75) is 44.6 Å². The Hall–Kier alpha value is -2.38. The number of hydrogen-bond acceptors (Lipinski definition) is 4. The van der Waals surface area contributed by atoms with E-state index in [1.54, 1.807) is 25.1 Å². The Kier molecular flexibility index (Phi) is 7.60. The maximum absolute atomic E-state index is 12.3. The van der Waals surface area contributed by atoms with Crippen molar-refractivity contribution in [3.05, 3.63) is 59.7 Å². The van der Waals surface area contributed by atoms with Crippen LogP contribution in [0, 0.1) is 6.92 Å². The van der Waals surface area contributed by atoms with Crippen molar-refractivity contribution in [2.75, 3.05) is 13.1 Å². The number of nitrogens with one attached hydrogen (secondary N) is 2. The first-order valence-electron chi connectivity index (χ1n) is 9.30. The molecule has 1 amide bonds. The molecule has 0 saturated carbocycles. The summed E-state index contributed by atoms with van der Waals surface area (Å²) < 4.78 is 32.6. The highest BCUT2D eigenvalue weighted by Crippen LogP contribution is 2.28. The number of hydrogen-bond donors (Lipinski definition) is 2. The molecule has 0 saturated heterocycles. The molecular formula is C21H28N2O4S. The summed E-state index contributed by atoms with van der Waals surface area (Å²) in [6, 6.07) is 14.1. The zero-order chi connectivity index (χ0) is 20.7. The van der Waals surface area contributed by atoms with Crippen LogP contribution in [-0.4, -0.2) is 33.5 Å². The molecule has 6 nitrogen and oxygen atoms in total. The minimum absolute atomic E-state index is 0.0946. The topological polar surface area (TPSA) is 84.5 Å². The van der Waals surface area contributed by atoms with Crippen LogP contribution < -0.4 is 14.8 Å². The molecule has 7 heteroatoms. The van der Waals surface area contributed by atoms with E-state index in [2.05, 4.69) is 23.9 Å². The van der Waals surface area contributed by atoms with Crippen LogP contribution >= 0.6 is 0 Å². The van der Waals surface area contributed by atoms with Crippen molar-refractivity contribution in [1.29, 1.82) is 0 Å². The van der Waals surface area contributed by atoms with Gasteiger partial charge in [0.2, 0.25) is 10.0 Å². The van der Waals surface area contributed by atoms with Gasteiger partial charge < -0.3 is 10.1 Å². The zero-order valence-electron chi connectivity index (χ0n) is 16.7. The second-order valence-corrected chi connectivity index (χ2v) is 8.72. The van der Waals surface area contributed by atoms with Gasteiger partial charge in [0.1, 0.15) is 5.75 Å². The Morgan fingerprint density at radius 2 is 1.71 bits per heavy atom. The van der Waals surface area contributed by atoms with E-state index in [0.29, 0.717) is 5.75 Å². The van der Waals surface area contributed by atoms with E-state index >= 15 is 0 Å². The molecule has 2 N–H and O–H groups in total. The van der Waals surface area contributed by atoms with Gasteiger partial charge in [-0.1, -0.05) is 44.2 Å². The number of rotatable bonds is 9.